The van der Waals surface area contributed by atoms with Crippen molar-refractivity contribution in [3.8, 4) is 0 Å². The number of amidine groups is 1. The van der Waals surface area contributed by atoms with E-state index in [1.807, 2.05) is 0 Å². The van der Waals surface area contributed by atoms with Crippen LogP contribution < -0.4 is 5.32 Å². The Bertz CT molecular complexity index is 1290. The smallest absolute Gasteiger partial charge is 0.385 e. The number of carbonyl (C=O) groups excluding carboxylic acids is 1. The standard InChI is InChI=1S/C29H38F5N7O/c1-18(42)40-11-7-25(37-21-5-9-39(10-6-21)17-29(32,33)34)24(16-40)28(35)41-8-3-4-19-12-22(20-14-36-38(2)15-20)23(27(30)31)13-26(19)41/h13-15,21-22,27,35,37H,3-12,16-17H2,1-2H3. The summed E-state index contributed by atoms with van der Waals surface area (Å²) in [4.78, 5) is 17.2. The number of aromatic nitrogens is 2. The Morgan fingerprint density at radius 1 is 1.17 bits per heavy atom. The van der Waals surface area contributed by atoms with Gasteiger partial charge in [0.1, 0.15) is 5.84 Å². The Balaban J connectivity index is 1.39. The van der Waals surface area contributed by atoms with Crippen molar-refractivity contribution >= 4 is 11.7 Å². The maximum Gasteiger partial charge on any atom is 0.401 e. The number of rotatable bonds is 6. The van der Waals surface area contributed by atoms with Crippen molar-refractivity contribution in [1.29, 1.82) is 5.41 Å². The van der Waals surface area contributed by atoms with Crippen LogP contribution in [0, 0.1) is 5.41 Å². The predicted octanol–water partition coefficient (Wildman–Crippen LogP) is 4.55. The zero-order valence-electron chi connectivity index (χ0n) is 24.0. The number of likely N-dealkylation sites (tertiary alicyclic amines) is 1. The third kappa shape index (κ3) is 6.71. The fourth-order valence-corrected chi connectivity index (χ4v) is 6.58. The van der Waals surface area contributed by atoms with Crippen molar-refractivity contribution in [2.45, 2.75) is 70.0 Å². The molecule has 0 spiro atoms. The number of hydrogen-bond donors (Lipinski definition) is 2. The fourth-order valence-electron chi connectivity index (χ4n) is 6.58. The molecule has 1 aromatic rings. The van der Waals surface area contributed by atoms with Crippen LogP contribution in [-0.4, -0.2) is 94.1 Å². The Hall–Kier alpha value is -3.22. The summed E-state index contributed by atoms with van der Waals surface area (Å²) in [6.07, 6.45) is 1.55. The van der Waals surface area contributed by atoms with Gasteiger partial charge in [-0.15, -0.1) is 0 Å². The van der Waals surface area contributed by atoms with Gasteiger partial charge in [0.05, 0.1) is 19.3 Å². The molecular formula is C29H38F5N7O. The highest BCUT2D eigenvalue weighted by Crippen LogP contribution is 2.43. The monoisotopic (exact) mass is 595 g/mol. The molecule has 3 aliphatic heterocycles. The number of nitrogens with zero attached hydrogens (tertiary/aromatic N) is 5. The second kappa shape index (κ2) is 12.2. The van der Waals surface area contributed by atoms with Crippen LogP contribution >= 0.6 is 0 Å². The maximum absolute atomic E-state index is 14.4. The van der Waals surface area contributed by atoms with E-state index < -0.39 is 25.1 Å². The molecule has 1 amide bonds. The Labute approximate surface area is 242 Å². The minimum Gasteiger partial charge on any atom is -0.385 e. The van der Waals surface area contributed by atoms with Crippen molar-refractivity contribution in [1.82, 2.24) is 29.8 Å². The average Bonchev–Trinajstić information content (AvgIpc) is 3.38. The van der Waals surface area contributed by atoms with Gasteiger partial charge in [0.2, 0.25) is 5.91 Å². The van der Waals surface area contributed by atoms with Gasteiger partial charge in [-0.2, -0.15) is 18.3 Å². The van der Waals surface area contributed by atoms with E-state index in [-0.39, 0.29) is 29.9 Å². The van der Waals surface area contributed by atoms with Crippen molar-refractivity contribution in [3.05, 3.63) is 52.1 Å². The number of amides is 1. The number of aryl methyl sites for hydroxylation is 1. The largest absolute Gasteiger partial charge is 0.401 e. The molecule has 42 heavy (non-hydrogen) atoms. The van der Waals surface area contributed by atoms with Gasteiger partial charge in [-0.05, 0) is 49.3 Å². The first-order valence-corrected chi connectivity index (χ1v) is 14.5. The summed E-state index contributed by atoms with van der Waals surface area (Å²) < 4.78 is 68.9. The normalized spacial score (nSPS) is 23.0. The van der Waals surface area contributed by atoms with Crippen LogP contribution in [0.4, 0.5) is 22.0 Å². The van der Waals surface area contributed by atoms with E-state index in [1.165, 1.54) is 11.8 Å². The van der Waals surface area contributed by atoms with Gasteiger partial charge in [0.25, 0.3) is 6.43 Å². The first-order valence-electron chi connectivity index (χ1n) is 14.5. The van der Waals surface area contributed by atoms with Gasteiger partial charge < -0.3 is 15.1 Å². The van der Waals surface area contributed by atoms with Crippen LogP contribution in [0.25, 0.3) is 0 Å². The minimum absolute atomic E-state index is 0.00778. The summed E-state index contributed by atoms with van der Waals surface area (Å²) in [5.41, 5.74) is 3.84. The van der Waals surface area contributed by atoms with E-state index in [2.05, 4.69) is 10.4 Å². The highest BCUT2D eigenvalue weighted by atomic mass is 19.4. The van der Waals surface area contributed by atoms with Gasteiger partial charge in [-0.25, -0.2) is 8.78 Å². The molecule has 0 radical (unpaired) electrons. The second-order valence-electron chi connectivity index (χ2n) is 11.7. The lowest BCUT2D eigenvalue weighted by molar-refractivity contribution is -0.148. The van der Waals surface area contributed by atoms with Gasteiger partial charge >= 0.3 is 6.18 Å². The molecule has 1 aliphatic carbocycles. The van der Waals surface area contributed by atoms with Crippen LogP contribution in [0.1, 0.15) is 56.9 Å². The molecule has 0 saturated carbocycles. The predicted molar refractivity (Wildman–Crippen MR) is 148 cm³/mol. The van der Waals surface area contributed by atoms with Gasteiger partial charge in [-0.3, -0.25) is 19.8 Å². The molecule has 0 aromatic carbocycles. The molecule has 5 rings (SSSR count). The number of carbonyl (C=O) groups is 1. The Morgan fingerprint density at radius 2 is 1.90 bits per heavy atom. The van der Waals surface area contributed by atoms with Crippen LogP contribution in [-0.2, 0) is 11.8 Å². The molecule has 1 atom stereocenters. The summed E-state index contributed by atoms with van der Waals surface area (Å²) in [5.74, 6) is -0.417. The number of hydrogen-bond acceptors (Lipinski definition) is 5. The number of piperidine rings is 1. The summed E-state index contributed by atoms with van der Waals surface area (Å²) >= 11 is 0. The first kappa shape index (κ1) is 30.2. The molecule has 13 heteroatoms. The third-order valence-electron chi connectivity index (χ3n) is 8.76. The molecular weight excluding hydrogens is 557 g/mol. The Kier molecular flexibility index (Phi) is 8.77. The van der Waals surface area contributed by atoms with Crippen molar-refractivity contribution < 1.29 is 26.7 Å². The molecule has 230 valence electrons. The van der Waals surface area contributed by atoms with Crippen LogP contribution in [0.2, 0.25) is 0 Å². The van der Waals surface area contributed by atoms with Gasteiger partial charge in [0.15, 0.2) is 0 Å². The minimum atomic E-state index is -4.23. The lowest BCUT2D eigenvalue weighted by Gasteiger charge is -2.41. The maximum atomic E-state index is 14.4. The van der Waals surface area contributed by atoms with E-state index in [1.54, 1.807) is 40.0 Å². The molecule has 4 heterocycles. The van der Waals surface area contributed by atoms with E-state index in [0.29, 0.717) is 63.1 Å². The summed E-state index contributed by atoms with van der Waals surface area (Å²) in [6.45, 7) is 2.37. The van der Waals surface area contributed by atoms with Crippen molar-refractivity contribution in [2.75, 3.05) is 39.3 Å². The quantitative estimate of drug-likeness (QED) is 0.287. The third-order valence-corrected chi connectivity index (χ3v) is 8.76. The highest BCUT2D eigenvalue weighted by Gasteiger charge is 2.37. The second-order valence-corrected chi connectivity index (χ2v) is 11.7. The number of allylic oxidation sites excluding steroid dienone is 3. The van der Waals surface area contributed by atoms with E-state index in [0.717, 1.165) is 29.7 Å². The average molecular weight is 596 g/mol. The molecule has 4 aliphatic rings. The highest BCUT2D eigenvalue weighted by molar-refractivity contribution is 5.99. The van der Waals surface area contributed by atoms with E-state index >= 15 is 0 Å². The molecule has 1 saturated heterocycles. The number of halogens is 5. The van der Waals surface area contributed by atoms with Crippen LogP contribution in [0.3, 0.4) is 0 Å². The molecule has 1 fully saturated rings. The molecule has 1 unspecified atom stereocenters. The van der Waals surface area contributed by atoms with Gasteiger partial charge in [-0.1, -0.05) is 0 Å². The van der Waals surface area contributed by atoms with Crippen molar-refractivity contribution in [3.63, 3.8) is 0 Å². The first-order chi connectivity index (χ1) is 19.9. The zero-order valence-corrected chi connectivity index (χ0v) is 24.0. The number of nitrogens with one attached hydrogen (secondary N) is 2. The van der Waals surface area contributed by atoms with Crippen molar-refractivity contribution in [2.24, 2.45) is 7.05 Å². The molecule has 8 nitrogen and oxygen atoms in total. The SMILES string of the molecule is CC(=O)N1CCC(NC2CCN(CC(F)(F)F)CC2)=C(C(=N)N2CCCC3=C2C=C(C(F)F)C(c2cnn(C)c2)C3)C1. The topological polar surface area (TPSA) is 80.5 Å². The van der Waals surface area contributed by atoms with E-state index in [4.69, 9.17) is 0 Å². The summed E-state index contributed by atoms with van der Waals surface area (Å²) in [6, 6.07) is -0.0486. The lowest BCUT2D eigenvalue weighted by Crippen LogP contribution is -2.48. The number of alkyl halides is 5. The van der Waals surface area contributed by atoms with E-state index in [9.17, 15) is 32.2 Å². The summed E-state index contributed by atoms with van der Waals surface area (Å²) in [7, 11) is 1.76. The summed E-state index contributed by atoms with van der Waals surface area (Å²) in [5, 5.41) is 17.0. The van der Waals surface area contributed by atoms with Crippen LogP contribution in [0.5, 0.6) is 0 Å². The lowest BCUT2D eigenvalue weighted by atomic mass is 9.79. The zero-order chi connectivity index (χ0) is 30.2. The van der Waals surface area contributed by atoms with Crippen LogP contribution in [0.15, 0.2) is 46.6 Å². The molecule has 1 aromatic heterocycles. The Morgan fingerprint density at radius 3 is 2.52 bits per heavy atom. The van der Waals surface area contributed by atoms with Gasteiger partial charge in [0, 0.05) is 87.3 Å². The fraction of sp³-hybridized carbons (Fsp3) is 0.621. The molecule has 2 N–H and O–H groups in total. The molecule has 0 bridgehead atoms.